The van der Waals surface area contributed by atoms with Crippen LogP contribution in [0.15, 0.2) is 0 Å². The van der Waals surface area contributed by atoms with Crippen molar-refractivity contribution in [1.29, 1.82) is 0 Å². The molecule has 0 aromatic heterocycles. The van der Waals surface area contributed by atoms with Crippen LogP contribution in [0.4, 0.5) is 0 Å². The molecule has 0 aliphatic heterocycles. The Bertz CT molecular complexity index is 199. The molecule has 0 amide bonds. The van der Waals surface area contributed by atoms with E-state index in [9.17, 15) is 0 Å². The van der Waals surface area contributed by atoms with E-state index in [1.165, 1.54) is 44.9 Å². The van der Waals surface area contributed by atoms with Crippen molar-refractivity contribution in [2.45, 2.75) is 84.8 Å². The van der Waals surface area contributed by atoms with E-state index in [1.807, 2.05) is 0 Å². The monoisotopic (exact) mass is 236 g/mol. The molecule has 0 aromatic carbocycles. The van der Waals surface area contributed by atoms with Gasteiger partial charge in [-0.25, -0.2) is 0 Å². The van der Waals surface area contributed by atoms with Gasteiger partial charge in [0.2, 0.25) is 0 Å². The molecule has 0 N–H and O–H groups in total. The van der Waals surface area contributed by atoms with Gasteiger partial charge in [-0.15, -0.1) is 0 Å². The first kappa shape index (κ1) is 17.1. The molecule has 1 atom stereocenters. The van der Waals surface area contributed by atoms with Crippen molar-refractivity contribution < 1.29 is 0 Å². The Kier molecular flexibility index (Phi) is 7.60. The molecule has 0 bridgehead atoms. The first-order chi connectivity index (χ1) is 7.81. The second-order valence-corrected chi connectivity index (χ2v) is 7.00. The summed E-state index contributed by atoms with van der Waals surface area (Å²) in [5.41, 5.74) is 0.518. The Hall–Kier alpha value is 0.130. The van der Waals surface area contributed by atoms with Crippen LogP contribution >= 0.6 is 0 Å². The first-order valence-electron chi connectivity index (χ1n) is 7.81. The zero-order valence-electron chi connectivity index (χ0n) is 13.5. The fourth-order valence-corrected chi connectivity index (χ4v) is 2.96. The summed E-state index contributed by atoms with van der Waals surface area (Å²) in [6.07, 6.45) is 9.70. The lowest BCUT2D eigenvalue weighted by Crippen LogP contribution is -2.39. The summed E-state index contributed by atoms with van der Waals surface area (Å²) in [6, 6.07) is 0. The molecular formula is C15H34B2. The zero-order chi connectivity index (χ0) is 13.5. The van der Waals surface area contributed by atoms with E-state index in [0.29, 0.717) is 10.6 Å². The third-order valence-corrected chi connectivity index (χ3v) is 5.38. The van der Waals surface area contributed by atoms with Crippen LogP contribution in [0.1, 0.15) is 79.6 Å². The van der Waals surface area contributed by atoms with E-state index in [-0.39, 0.29) is 0 Å². The van der Waals surface area contributed by atoms with Gasteiger partial charge in [0.25, 0.3) is 0 Å². The number of rotatable bonds is 9. The molecule has 0 aliphatic carbocycles. The maximum absolute atomic E-state index is 2.53. The Balaban J connectivity index is 4.55. The molecule has 2 heteroatoms. The van der Waals surface area contributed by atoms with Gasteiger partial charge >= 0.3 is 0 Å². The topological polar surface area (TPSA) is 0 Å². The highest BCUT2D eigenvalue weighted by Crippen LogP contribution is 2.52. The van der Waals surface area contributed by atoms with Crippen molar-refractivity contribution in [3.63, 3.8) is 0 Å². The van der Waals surface area contributed by atoms with Gasteiger partial charge in [0, 0.05) is 0 Å². The Morgan fingerprint density at radius 1 is 0.882 bits per heavy atom. The van der Waals surface area contributed by atoms with Gasteiger partial charge in [-0.2, -0.15) is 0 Å². The number of hydrogen-bond donors (Lipinski definition) is 0. The maximum Gasteiger partial charge on any atom is 0.100 e. The van der Waals surface area contributed by atoms with E-state index >= 15 is 0 Å². The van der Waals surface area contributed by atoms with Gasteiger partial charge in [0.15, 0.2) is 0 Å². The van der Waals surface area contributed by atoms with E-state index in [2.05, 4.69) is 50.3 Å². The van der Waals surface area contributed by atoms with Crippen LogP contribution < -0.4 is 0 Å². The lowest BCUT2D eigenvalue weighted by molar-refractivity contribution is 0.181. The van der Waals surface area contributed by atoms with E-state index in [1.54, 1.807) is 0 Å². The molecule has 0 spiro atoms. The van der Waals surface area contributed by atoms with Gasteiger partial charge in [0.1, 0.15) is 15.7 Å². The maximum atomic E-state index is 2.53. The highest BCUT2D eigenvalue weighted by atomic mass is 14.4. The largest absolute Gasteiger partial charge is 0.100 e. The summed E-state index contributed by atoms with van der Waals surface area (Å²) in [5.74, 6) is 0.769. The predicted octanol–water partition coefficient (Wildman–Crippen LogP) is 3.80. The minimum Gasteiger partial charge on any atom is -0.0771 e. The van der Waals surface area contributed by atoms with Crippen molar-refractivity contribution in [2.24, 2.45) is 11.3 Å². The molecular weight excluding hydrogens is 202 g/mol. The molecule has 0 saturated carbocycles. The molecule has 0 radical (unpaired) electrons. The SMILES string of the molecule is BC(B)(C(C)C)C(C)(CCC)CCCCCC. The normalized spacial score (nSPS) is 16.1. The highest BCUT2D eigenvalue weighted by molar-refractivity contribution is 6.40. The highest BCUT2D eigenvalue weighted by Gasteiger charge is 2.41. The molecule has 0 rings (SSSR count). The smallest absolute Gasteiger partial charge is 0.0771 e. The molecule has 0 aromatic rings. The third-order valence-electron chi connectivity index (χ3n) is 5.38. The molecule has 1 unspecified atom stereocenters. The number of hydrogen-bond acceptors (Lipinski definition) is 0. The van der Waals surface area contributed by atoms with E-state index in [4.69, 9.17) is 0 Å². The van der Waals surface area contributed by atoms with Gasteiger partial charge < -0.3 is 0 Å². The van der Waals surface area contributed by atoms with Gasteiger partial charge in [-0.05, 0) is 18.3 Å². The van der Waals surface area contributed by atoms with E-state index < -0.39 is 0 Å². The summed E-state index contributed by atoms with van der Waals surface area (Å²) in [6.45, 7) is 11.9. The standard InChI is InChI=1S/C15H34B2/c1-6-8-9-10-12-14(5,11-7-2)15(16,17)13(3)4/h13H,6-12,16-17H2,1-5H3. The third kappa shape index (κ3) is 4.72. The van der Waals surface area contributed by atoms with Crippen LogP contribution in [0.5, 0.6) is 0 Å². The summed E-state index contributed by atoms with van der Waals surface area (Å²) >= 11 is 0. The Morgan fingerprint density at radius 3 is 1.88 bits per heavy atom. The minimum atomic E-state index is 0.454. The van der Waals surface area contributed by atoms with Crippen molar-refractivity contribution in [3.8, 4) is 0 Å². The first-order valence-corrected chi connectivity index (χ1v) is 7.81. The average Bonchev–Trinajstić information content (AvgIpc) is 2.24. The van der Waals surface area contributed by atoms with Gasteiger partial charge in [-0.3, -0.25) is 0 Å². The summed E-state index contributed by atoms with van der Waals surface area (Å²) in [5, 5.41) is 0.454. The lowest BCUT2D eigenvalue weighted by atomic mass is 9.37. The summed E-state index contributed by atoms with van der Waals surface area (Å²) in [7, 11) is 4.96. The van der Waals surface area contributed by atoms with Crippen LogP contribution in [0.25, 0.3) is 0 Å². The second kappa shape index (κ2) is 7.54. The van der Waals surface area contributed by atoms with Gasteiger partial charge in [0.05, 0.1) is 0 Å². The molecule has 0 nitrogen and oxygen atoms in total. The van der Waals surface area contributed by atoms with Crippen LogP contribution in [-0.4, -0.2) is 15.7 Å². The Labute approximate surface area is 112 Å². The zero-order valence-corrected chi connectivity index (χ0v) is 13.5. The molecule has 0 heterocycles. The number of unbranched alkanes of at least 4 members (excludes halogenated alkanes) is 3. The predicted molar refractivity (Wildman–Crippen MR) is 86.4 cm³/mol. The average molecular weight is 236 g/mol. The van der Waals surface area contributed by atoms with E-state index in [0.717, 1.165) is 5.92 Å². The van der Waals surface area contributed by atoms with Gasteiger partial charge in [-0.1, -0.05) is 77.9 Å². The van der Waals surface area contributed by atoms with Crippen LogP contribution in [0.3, 0.4) is 0 Å². The Morgan fingerprint density at radius 2 is 1.47 bits per heavy atom. The lowest BCUT2D eigenvalue weighted by Gasteiger charge is -2.48. The molecule has 0 saturated heterocycles. The fourth-order valence-electron chi connectivity index (χ4n) is 2.96. The van der Waals surface area contributed by atoms with Crippen LogP contribution in [-0.2, 0) is 0 Å². The molecule has 0 aliphatic rings. The van der Waals surface area contributed by atoms with Crippen molar-refractivity contribution >= 4 is 15.7 Å². The molecule has 0 fully saturated rings. The fraction of sp³-hybridized carbons (Fsp3) is 1.00. The van der Waals surface area contributed by atoms with Crippen molar-refractivity contribution in [1.82, 2.24) is 0 Å². The van der Waals surface area contributed by atoms with Crippen molar-refractivity contribution in [3.05, 3.63) is 0 Å². The van der Waals surface area contributed by atoms with Crippen LogP contribution in [0.2, 0.25) is 5.21 Å². The summed E-state index contributed by atoms with van der Waals surface area (Å²) < 4.78 is 0. The van der Waals surface area contributed by atoms with Crippen LogP contribution in [0, 0.1) is 11.3 Å². The minimum absolute atomic E-state index is 0.454. The molecule has 100 valence electrons. The molecule has 17 heavy (non-hydrogen) atoms. The van der Waals surface area contributed by atoms with Crippen molar-refractivity contribution in [2.75, 3.05) is 0 Å². The quantitative estimate of drug-likeness (QED) is 0.422. The second-order valence-electron chi connectivity index (χ2n) is 7.00. The summed E-state index contributed by atoms with van der Waals surface area (Å²) in [4.78, 5) is 0.